The molecule has 1 aromatic heterocycles. The van der Waals surface area contributed by atoms with E-state index < -0.39 is 0 Å². The van der Waals surface area contributed by atoms with E-state index in [2.05, 4.69) is 15.2 Å². The smallest absolute Gasteiger partial charge is 0.253 e. The van der Waals surface area contributed by atoms with Gasteiger partial charge in [-0.2, -0.15) is 0 Å². The minimum atomic E-state index is -0.274. The maximum atomic E-state index is 13.2. The fourth-order valence-electron chi connectivity index (χ4n) is 3.37. The molecule has 1 saturated heterocycles. The highest BCUT2D eigenvalue weighted by Crippen LogP contribution is 2.26. The Labute approximate surface area is 174 Å². The zero-order valence-corrected chi connectivity index (χ0v) is 17.1. The van der Waals surface area contributed by atoms with Crippen molar-refractivity contribution < 1.29 is 13.9 Å². The van der Waals surface area contributed by atoms with Gasteiger partial charge in [-0.15, -0.1) is 0 Å². The first-order valence-electron chi connectivity index (χ1n) is 9.85. The summed E-state index contributed by atoms with van der Waals surface area (Å²) in [6.07, 6.45) is 1.74. The number of fused-ring (bicyclic) bond motifs is 1. The molecule has 0 spiro atoms. The average molecular weight is 409 g/mol. The Morgan fingerprint density at radius 3 is 2.63 bits per heavy atom. The molecule has 0 radical (unpaired) electrons. The number of hydrogen-bond donors (Lipinski definition) is 1. The van der Waals surface area contributed by atoms with Gasteiger partial charge >= 0.3 is 0 Å². The molecule has 0 aliphatic carbocycles. The van der Waals surface area contributed by atoms with Crippen molar-refractivity contribution in [2.45, 2.75) is 6.54 Å². The summed E-state index contributed by atoms with van der Waals surface area (Å²) in [5.74, 6) is 0.395. The zero-order valence-electron chi connectivity index (χ0n) is 17.1. The third-order valence-electron chi connectivity index (χ3n) is 5.02. The Hall–Kier alpha value is -3.26. The molecule has 1 amide bonds. The van der Waals surface area contributed by atoms with Crippen molar-refractivity contribution in [3.05, 3.63) is 59.5 Å². The Bertz CT molecular complexity index is 1050. The Kier molecular flexibility index (Phi) is 5.76. The van der Waals surface area contributed by atoms with Crippen LogP contribution < -0.4 is 10.2 Å². The predicted octanol–water partition coefficient (Wildman–Crippen LogP) is 2.92. The second-order valence-electron chi connectivity index (χ2n) is 7.40. The lowest BCUT2D eigenvalue weighted by molar-refractivity contribution is 0.0828. The topological polar surface area (TPSA) is 70.6 Å². The van der Waals surface area contributed by atoms with E-state index in [1.165, 1.54) is 17.0 Å². The van der Waals surface area contributed by atoms with Crippen molar-refractivity contribution in [2.75, 3.05) is 50.6 Å². The lowest BCUT2D eigenvalue weighted by Gasteiger charge is -2.27. The maximum absolute atomic E-state index is 13.2. The van der Waals surface area contributed by atoms with Gasteiger partial charge < -0.3 is 19.9 Å². The first-order chi connectivity index (χ1) is 14.5. The summed E-state index contributed by atoms with van der Waals surface area (Å²) in [6, 6.07) is 9.87. The number of nitrogens with zero attached hydrogens (tertiary/aromatic N) is 4. The molecule has 3 aromatic rings. The fraction of sp³-hybridized carbons (Fsp3) is 0.318. The largest absolute Gasteiger partial charge is 0.379 e. The molecule has 0 unspecified atom stereocenters. The van der Waals surface area contributed by atoms with Crippen LogP contribution in [0.4, 0.5) is 15.9 Å². The Balaban J connectivity index is 1.71. The highest BCUT2D eigenvalue weighted by Gasteiger charge is 2.17. The molecule has 156 valence electrons. The van der Waals surface area contributed by atoms with Gasteiger partial charge in [0, 0.05) is 39.3 Å². The number of rotatable bonds is 5. The molecule has 2 heterocycles. The van der Waals surface area contributed by atoms with Crippen molar-refractivity contribution in [3.8, 4) is 0 Å². The van der Waals surface area contributed by atoms with Crippen molar-refractivity contribution in [2.24, 2.45) is 0 Å². The molecule has 8 heteroatoms. The number of carbonyl (C=O) groups is 1. The van der Waals surface area contributed by atoms with E-state index in [4.69, 9.17) is 9.72 Å². The van der Waals surface area contributed by atoms with E-state index in [1.54, 1.807) is 44.6 Å². The van der Waals surface area contributed by atoms with Gasteiger partial charge in [0.05, 0.1) is 30.6 Å². The van der Waals surface area contributed by atoms with Crippen LogP contribution in [0.3, 0.4) is 0 Å². The monoisotopic (exact) mass is 409 g/mol. The quantitative estimate of drug-likeness (QED) is 0.699. The summed E-state index contributed by atoms with van der Waals surface area (Å²) in [6.45, 7) is 3.31. The number of morpholine rings is 1. The molecule has 7 nitrogen and oxygen atoms in total. The number of hydrogen-bond acceptors (Lipinski definition) is 6. The van der Waals surface area contributed by atoms with E-state index >= 15 is 0 Å². The predicted molar refractivity (Wildman–Crippen MR) is 114 cm³/mol. The molecule has 0 bridgehead atoms. The van der Waals surface area contributed by atoms with Crippen molar-refractivity contribution >= 4 is 28.4 Å². The van der Waals surface area contributed by atoms with Gasteiger partial charge in [-0.25, -0.2) is 9.37 Å². The van der Waals surface area contributed by atoms with E-state index in [9.17, 15) is 9.18 Å². The van der Waals surface area contributed by atoms with E-state index in [0.717, 1.165) is 24.5 Å². The molecule has 1 aliphatic heterocycles. The molecule has 1 fully saturated rings. The zero-order chi connectivity index (χ0) is 21.1. The third kappa shape index (κ3) is 4.33. The molecule has 1 aliphatic rings. The second kappa shape index (κ2) is 8.62. The van der Waals surface area contributed by atoms with Gasteiger partial charge in [0.15, 0.2) is 0 Å². The van der Waals surface area contributed by atoms with Crippen molar-refractivity contribution in [1.82, 2.24) is 14.9 Å². The van der Waals surface area contributed by atoms with E-state index in [-0.39, 0.29) is 11.7 Å². The first-order valence-corrected chi connectivity index (χ1v) is 9.85. The second-order valence-corrected chi connectivity index (χ2v) is 7.40. The van der Waals surface area contributed by atoms with Crippen LogP contribution in [0.25, 0.3) is 11.0 Å². The summed E-state index contributed by atoms with van der Waals surface area (Å²) < 4.78 is 18.6. The molecule has 2 aromatic carbocycles. The van der Waals surface area contributed by atoms with Crippen LogP contribution in [-0.4, -0.2) is 61.2 Å². The van der Waals surface area contributed by atoms with Crippen LogP contribution in [0.1, 0.15) is 15.9 Å². The first kappa shape index (κ1) is 20.0. The lowest BCUT2D eigenvalue weighted by atomic mass is 10.1. The molecular weight excluding hydrogens is 385 g/mol. The molecule has 0 saturated carbocycles. The number of benzene rings is 2. The van der Waals surface area contributed by atoms with Crippen LogP contribution in [-0.2, 0) is 11.3 Å². The number of ether oxygens (including phenoxy) is 1. The van der Waals surface area contributed by atoms with E-state index in [0.29, 0.717) is 42.0 Å². The normalized spacial score (nSPS) is 14.0. The minimum absolute atomic E-state index is 0.110. The number of amides is 1. The van der Waals surface area contributed by atoms with Gasteiger partial charge in [-0.1, -0.05) is 12.1 Å². The SMILES string of the molecule is CN(C)C(=O)c1cc(NCc2ccc(F)cc2)c2nc(N3CCOCC3)cnc2c1. The van der Waals surface area contributed by atoms with Gasteiger partial charge in [0.1, 0.15) is 17.2 Å². The summed E-state index contributed by atoms with van der Waals surface area (Å²) in [4.78, 5) is 25.6. The standard InChI is InChI=1S/C22H24FN5O2/c1-27(2)22(29)16-11-18(24-13-15-3-5-17(23)6-4-15)21-19(12-16)25-14-20(26-21)28-7-9-30-10-8-28/h3-6,11-12,14,24H,7-10,13H2,1-2H3. The minimum Gasteiger partial charge on any atom is -0.379 e. The average Bonchev–Trinajstić information content (AvgIpc) is 2.78. The number of aromatic nitrogens is 2. The number of carbonyl (C=O) groups excluding carboxylic acids is 1. The molecule has 4 rings (SSSR count). The van der Waals surface area contributed by atoms with Crippen LogP contribution in [0.5, 0.6) is 0 Å². The highest BCUT2D eigenvalue weighted by atomic mass is 19.1. The third-order valence-corrected chi connectivity index (χ3v) is 5.02. The number of nitrogens with one attached hydrogen (secondary N) is 1. The summed E-state index contributed by atoms with van der Waals surface area (Å²) >= 11 is 0. The number of anilines is 2. The van der Waals surface area contributed by atoms with Crippen LogP contribution >= 0.6 is 0 Å². The van der Waals surface area contributed by atoms with Crippen LogP contribution in [0.15, 0.2) is 42.6 Å². The van der Waals surface area contributed by atoms with Crippen molar-refractivity contribution in [3.63, 3.8) is 0 Å². The van der Waals surface area contributed by atoms with Gasteiger partial charge in [-0.3, -0.25) is 9.78 Å². The van der Waals surface area contributed by atoms with Crippen LogP contribution in [0.2, 0.25) is 0 Å². The summed E-state index contributed by atoms with van der Waals surface area (Å²) in [7, 11) is 3.43. The van der Waals surface area contributed by atoms with E-state index in [1.807, 2.05) is 0 Å². The van der Waals surface area contributed by atoms with Crippen LogP contribution in [0, 0.1) is 5.82 Å². The Morgan fingerprint density at radius 2 is 1.93 bits per heavy atom. The van der Waals surface area contributed by atoms with Gasteiger partial charge in [0.25, 0.3) is 5.91 Å². The van der Waals surface area contributed by atoms with Crippen molar-refractivity contribution in [1.29, 1.82) is 0 Å². The van der Waals surface area contributed by atoms with Gasteiger partial charge in [0.2, 0.25) is 0 Å². The molecular formula is C22H24FN5O2. The lowest BCUT2D eigenvalue weighted by Crippen LogP contribution is -2.36. The summed E-state index contributed by atoms with van der Waals surface area (Å²) in [5, 5.41) is 3.35. The summed E-state index contributed by atoms with van der Waals surface area (Å²) in [5.41, 5.74) is 3.50. The van der Waals surface area contributed by atoms with Gasteiger partial charge in [-0.05, 0) is 29.8 Å². The molecule has 1 N–H and O–H groups in total. The highest BCUT2D eigenvalue weighted by molar-refractivity contribution is 6.01. The fourth-order valence-corrected chi connectivity index (χ4v) is 3.37. The molecule has 0 atom stereocenters. The molecule has 30 heavy (non-hydrogen) atoms. The Morgan fingerprint density at radius 1 is 1.20 bits per heavy atom. The maximum Gasteiger partial charge on any atom is 0.253 e. The number of halogens is 1.